The smallest absolute Gasteiger partial charge is 0.304 e. The van der Waals surface area contributed by atoms with Gasteiger partial charge in [-0.3, -0.25) is 19.3 Å². The van der Waals surface area contributed by atoms with Crippen LogP contribution in [0.15, 0.2) is 11.3 Å². The van der Waals surface area contributed by atoms with Crippen LogP contribution in [0.3, 0.4) is 0 Å². The van der Waals surface area contributed by atoms with Gasteiger partial charge in [-0.05, 0) is 6.92 Å². The van der Waals surface area contributed by atoms with Gasteiger partial charge < -0.3 is 9.47 Å². The first-order valence-electron chi connectivity index (χ1n) is 7.03. The zero-order chi connectivity index (χ0) is 16.8. The fourth-order valence-electron chi connectivity index (χ4n) is 2.47. The highest BCUT2D eigenvalue weighted by Crippen LogP contribution is 2.46. The topological polar surface area (TPSA) is 72.9 Å². The first-order chi connectivity index (χ1) is 10.1. The maximum Gasteiger partial charge on any atom is 0.304 e. The Morgan fingerprint density at radius 3 is 2.32 bits per heavy atom. The molecule has 0 spiro atoms. The molecular weight excluding hydrogens is 306 g/mol. The zero-order valence-electron chi connectivity index (χ0n) is 13.6. The number of esters is 1. The van der Waals surface area contributed by atoms with Gasteiger partial charge in [-0.15, -0.1) is 0 Å². The summed E-state index contributed by atoms with van der Waals surface area (Å²) in [5, 5.41) is -0.341. The van der Waals surface area contributed by atoms with Crippen molar-refractivity contribution in [1.82, 2.24) is 4.90 Å². The summed E-state index contributed by atoms with van der Waals surface area (Å²) in [5.74, 6) is -0.795. The molecule has 1 saturated heterocycles. The molecule has 22 heavy (non-hydrogen) atoms. The zero-order valence-corrected chi connectivity index (χ0v) is 14.4. The number of nitrogens with zero attached hydrogens (tertiary/aromatic N) is 1. The number of allylic oxidation sites excluding steroid dienone is 1. The Balaban J connectivity index is 2.46. The van der Waals surface area contributed by atoms with E-state index in [1.165, 1.54) is 30.7 Å². The number of carbonyl (C=O) groups excluding carboxylic acids is 3. The second-order valence-electron chi connectivity index (χ2n) is 6.44. The fourth-order valence-corrected chi connectivity index (χ4v) is 3.93. The Hall–Kier alpha value is -1.34. The number of hydrogen-bond donors (Lipinski definition) is 0. The number of methoxy groups -OCH3 is 1. The molecule has 2 heterocycles. The maximum absolute atomic E-state index is 12.7. The van der Waals surface area contributed by atoms with Gasteiger partial charge in [0.05, 0.1) is 5.70 Å². The van der Waals surface area contributed by atoms with Gasteiger partial charge in [0, 0.05) is 25.0 Å². The van der Waals surface area contributed by atoms with Crippen LogP contribution in [0.2, 0.25) is 0 Å². The molecule has 0 saturated carbocycles. The lowest BCUT2D eigenvalue weighted by molar-refractivity contribution is -0.161. The molecule has 0 aliphatic carbocycles. The minimum atomic E-state index is -0.637. The molecule has 2 aliphatic heterocycles. The molecule has 0 aromatic heterocycles. The lowest BCUT2D eigenvalue weighted by Crippen LogP contribution is -2.66. The molecule has 7 heteroatoms. The van der Waals surface area contributed by atoms with Crippen molar-refractivity contribution in [3.8, 4) is 0 Å². The predicted octanol–water partition coefficient (Wildman–Crippen LogP) is 1.69. The summed E-state index contributed by atoms with van der Waals surface area (Å²) in [7, 11) is 1.46. The van der Waals surface area contributed by atoms with Crippen LogP contribution < -0.4 is 0 Å². The van der Waals surface area contributed by atoms with Crippen molar-refractivity contribution in [1.29, 1.82) is 0 Å². The number of Topliss-reactive ketones (excluding diaryl/α,β-unsaturated/α-hetero) is 1. The number of hydrogen-bond acceptors (Lipinski definition) is 6. The third-order valence-electron chi connectivity index (χ3n) is 3.65. The first kappa shape index (κ1) is 17.0. The van der Waals surface area contributed by atoms with E-state index < -0.39 is 22.9 Å². The average Bonchev–Trinajstić information content (AvgIpc) is 2.39. The van der Waals surface area contributed by atoms with Crippen molar-refractivity contribution >= 4 is 29.4 Å². The van der Waals surface area contributed by atoms with Gasteiger partial charge in [0.25, 0.3) is 5.91 Å². The van der Waals surface area contributed by atoms with Crippen LogP contribution in [0.5, 0.6) is 0 Å². The summed E-state index contributed by atoms with van der Waals surface area (Å²) in [6, 6.07) is 0. The molecule has 6 nitrogen and oxygen atoms in total. The van der Waals surface area contributed by atoms with Crippen molar-refractivity contribution < 1.29 is 23.9 Å². The number of fused-ring (bicyclic) bond motifs is 1. The van der Waals surface area contributed by atoms with Crippen LogP contribution in [-0.2, 0) is 23.9 Å². The molecule has 0 bridgehead atoms. The standard InChI is InChI=1S/C15H21NO5S/c1-7-9(11(18)15(3,4)5)16-12(19)10(20-6)13(16)22-14(7)21-8(2)17/h10,13-14H,1-6H3/t10-,13+,14?/m0/s1. The number of β-lactam (4-membered cyclic amide) rings is 1. The minimum absolute atomic E-state index is 0.143. The van der Waals surface area contributed by atoms with E-state index >= 15 is 0 Å². The number of ether oxygens (including phenoxy) is 2. The summed E-state index contributed by atoms with van der Waals surface area (Å²) >= 11 is 1.31. The minimum Gasteiger partial charge on any atom is -0.447 e. The van der Waals surface area contributed by atoms with E-state index in [-0.39, 0.29) is 17.1 Å². The maximum atomic E-state index is 12.7. The van der Waals surface area contributed by atoms with E-state index in [4.69, 9.17) is 9.47 Å². The first-order valence-corrected chi connectivity index (χ1v) is 7.98. The van der Waals surface area contributed by atoms with Crippen molar-refractivity contribution in [2.45, 2.75) is 51.5 Å². The number of ketones is 1. The second-order valence-corrected chi connectivity index (χ2v) is 7.63. The second kappa shape index (κ2) is 5.70. The van der Waals surface area contributed by atoms with Crippen LogP contribution in [0.25, 0.3) is 0 Å². The Labute approximate surface area is 134 Å². The Bertz CT molecular complexity index is 563. The molecule has 2 rings (SSSR count). The van der Waals surface area contributed by atoms with Crippen molar-refractivity contribution in [2.75, 3.05) is 7.11 Å². The Morgan fingerprint density at radius 2 is 1.86 bits per heavy atom. The van der Waals surface area contributed by atoms with Gasteiger partial charge in [0.1, 0.15) is 5.37 Å². The molecule has 1 fully saturated rings. The molecule has 2 aliphatic rings. The molecule has 0 aromatic rings. The van der Waals surface area contributed by atoms with E-state index in [0.29, 0.717) is 11.3 Å². The van der Waals surface area contributed by atoms with Gasteiger partial charge in [-0.25, -0.2) is 0 Å². The number of rotatable bonds is 3. The summed E-state index contributed by atoms with van der Waals surface area (Å²) in [5.41, 5.74) is -0.284. The SMILES string of the molecule is CO[C@H]1C(=O)N2C(C(=O)C(C)(C)C)=C(C)C(OC(C)=O)S[C@H]12. The van der Waals surface area contributed by atoms with Crippen molar-refractivity contribution in [3.05, 3.63) is 11.3 Å². The van der Waals surface area contributed by atoms with Crippen LogP contribution >= 0.6 is 11.8 Å². The normalized spacial score (nSPS) is 28.2. The molecule has 1 amide bonds. The monoisotopic (exact) mass is 327 g/mol. The van der Waals surface area contributed by atoms with Gasteiger partial charge >= 0.3 is 5.97 Å². The van der Waals surface area contributed by atoms with Crippen LogP contribution in [0.1, 0.15) is 34.6 Å². The molecular formula is C15H21NO5S. The molecule has 1 unspecified atom stereocenters. The van der Waals surface area contributed by atoms with E-state index in [2.05, 4.69) is 0 Å². The summed E-state index contributed by atoms with van der Waals surface area (Å²) in [6.45, 7) is 8.44. The predicted molar refractivity (Wildman–Crippen MR) is 81.7 cm³/mol. The van der Waals surface area contributed by atoms with Crippen LogP contribution in [0.4, 0.5) is 0 Å². The highest BCUT2D eigenvalue weighted by molar-refractivity contribution is 8.00. The van der Waals surface area contributed by atoms with Gasteiger partial charge in [-0.1, -0.05) is 32.5 Å². The van der Waals surface area contributed by atoms with Gasteiger partial charge in [0.15, 0.2) is 17.3 Å². The Kier molecular flexibility index (Phi) is 4.41. The molecule has 122 valence electrons. The highest BCUT2D eigenvalue weighted by atomic mass is 32.2. The summed E-state index contributed by atoms with van der Waals surface area (Å²) in [4.78, 5) is 37.8. The van der Waals surface area contributed by atoms with E-state index in [1.54, 1.807) is 27.7 Å². The summed E-state index contributed by atoms with van der Waals surface area (Å²) < 4.78 is 10.5. The number of thioether (sulfide) groups is 1. The third kappa shape index (κ3) is 2.67. The lowest BCUT2D eigenvalue weighted by Gasteiger charge is -2.51. The molecule has 0 radical (unpaired) electrons. The highest BCUT2D eigenvalue weighted by Gasteiger charge is 2.56. The van der Waals surface area contributed by atoms with Crippen molar-refractivity contribution in [2.24, 2.45) is 5.41 Å². The third-order valence-corrected chi connectivity index (χ3v) is 5.08. The molecule has 0 N–H and O–H groups in total. The van der Waals surface area contributed by atoms with Crippen molar-refractivity contribution in [3.63, 3.8) is 0 Å². The van der Waals surface area contributed by atoms with Crippen LogP contribution in [0, 0.1) is 5.41 Å². The van der Waals surface area contributed by atoms with E-state index in [9.17, 15) is 14.4 Å². The number of amides is 1. The largest absolute Gasteiger partial charge is 0.447 e. The number of carbonyl (C=O) groups is 3. The van der Waals surface area contributed by atoms with Gasteiger partial charge in [0.2, 0.25) is 0 Å². The Morgan fingerprint density at radius 1 is 1.27 bits per heavy atom. The van der Waals surface area contributed by atoms with E-state index in [1.807, 2.05) is 0 Å². The average molecular weight is 327 g/mol. The van der Waals surface area contributed by atoms with E-state index in [0.717, 1.165) is 0 Å². The van der Waals surface area contributed by atoms with Crippen LogP contribution in [-0.4, -0.2) is 46.6 Å². The molecule has 0 aromatic carbocycles. The quantitative estimate of drug-likeness (QED) is 0.580. The molecule has 3 atom stereocenters. The summed E-state index contributed by atoms with van der Waals surface area (Å²) in [6.07, 6.45) is -0.612. The fraction of sp³-hybridized carbons (Fsp3) is 0.667. The van der Waals surface area contributed by atoms with Gasteiger partial charge in [-0.2, -0.15) is 0 Å². The lowest BCUT2D eigenvalue weighted by atomic mass is 9.85.